The Bertz CT molecular complexity index is 785. The average Bonchev–Trinajstić information content (AvgIpc) is 2.51. The van der Waals surface area contributed by atoms with E-state index < -0.39 is 0 Å². The number of nitrogens with one attached hydrogen (secondary N) is 1. The molecule has 106 valence electrons. The van der Waals surface area contributed by atoms with Gasteiger partial charge in [0.15, 0.2) is 0 Å². The van der Waals surface area contributed by atoms with Gasteiger partial charge in [-0.2, -0.15) is 0 Å². The van der Waals surface area contributed by atoms with Crippen molar-refractivity contribution in [2.75, 3.05) is 7.05 Å². The lowest BCUT2D eigenvalue weighted by atomic mass is 9.94. The Morgan fingerprint density at radius 2 is 1.71 bits per heavy atom. The van der Waals surface area contributed by atoms with Gasteiger partial charge in [-0.1, -0.05) is 58.4 Å². The zero-order chi connectivity index (χ0) is 14.8. The maximum absolute atomic E-state index is 13.5. The van der Waals surface area contributed by atoms with Gasteiger partial charge in [0.2, 0.25) is 0 Å². The summed E-state index contributed by atoms with van der Waals surface area (Å²) in [6, 6.07) is 19.0. The predicted molar refractivity (Wildman–Crippen MR) is 89.0 cm³/mol. The van der Waals surface area contributed by atoms with Crippen molar-refractivity contribution >= 4 is 26.7 Å². The molecule has 1 unspecified atom stereocenters. The first kappa shape index (κ1) is 14.2. The molecule has 0 aliphatic rings. The van der Waals surface area contributed by atoms with Crippen LogP contribution in [0.25, 0.3) is 10.8 Å². The van der Waals surface area contributed by atoms with E-state index in [1.54, 1.807) is 12.1 Å². The Labute approximate surface area is 131 Å². The zero-order valence-corrected chi connectivity index (χ0v) is 13.2. The highest BCUT2D eigenvalue weighted by molar-refractivity contribution is 9.10. The predicted octanol–water partition coefficient (Wildman–Crippen LogP) is 5.05. The summed E-state index contributed by atoms with van der Waals surface area (Å²) in [6.45, 7) is 0. The van der Waals surface area contributed by atoms with E-state index in [2.05, 4.69) is 39.4 Å². The molecule has 0 spiro atoms. The van der Waals surface area contributed by atoms with Crippen LogP contribution in [-0.4, -0.2) is 7.05 Å². The molecule has 1 N–H and O–H groups in total. The normalized spacial score (nSPS) is 12.5. The van der Waals surface area contributed by atoms with Gasteiger partial charge in [0.05, 0.1) is 6.04 Å². The highest BCUT2D eigenvalue weighted by Crippen LogP contribution is 2.33. The molecule has 3 heteroatoms. The number of benzene rings is 3. The van der Waals surface area contributed by atoms with Gasteiger partial charge in [-0.15, -0.1) is 0 Å². The van der Waals surface area contributed by atoms with Crippen molar-refractivity contribution in [3.63, 3.8) is 0 Å². The molecule has 0 aromatic heterocycles. The Hall–Kier alpha value is -1.71. The molecule has 3 aromatic carbocycles. The van der Waals surface area contributed by atoms with Gasteiger partial charge in [-0.25, -0.2) is 4.39 Å². The summed E-state index contributed by atoms with van der Waals surface area (Å²) in [5, 5.41) is 5.61. The molecule has 0 amide bonds. The average molecular weight is 344 g/mol. The van der Waals surface area contributed by atoms with Crippen LogP contribution in [0.3, 0.4) is 0 Å². The second-order valence-electron chi connectivity index (χ2n) is 4.96. The zero-order valence-electron chi connectivity index (χ0n) is 11.6. The number of hydrogen-bond acceptors (Lipinski definition) is 1. The highest BCUT2D eigenvalue weighted by Gasteiger charge is 2.16. The molecule has 0 saturated heterocycles. The fraction of sp³-hybridized carbons (Fsp3) is 0.111. The quantitative estimate of drug-likeness (QED) is 0.701. The van der Waals surface area contributed by atoms with Crippen molar-refractivity contribution in [2.24, 2.45) is 0 Å². The Morgan fingerprint density at radius 1 is 0.952 bits per heavy atom. The second kappa shape index (κ2) is 5.96. The number of rotatable bonds is 3. The molecule has 0 saturated carbocycles. The van der Waals surface area contributed by atoms with Crippen LogP contribution in [-0.2, 0) is 0 Å². The van der Waals surface area contributed by atoms with Crippen molar-refractivity contribution in [1.82, 2.24) is 5.32 Å². The summed E-state index contributed by atoms with van der Waals surface area (Å²) in [5.74, 6) is -0.214. The van der Waals surface area contributed by atoms with Crippen LogP contribution in [0.2, 0.25) is 0 Å². The Kier molecular flexibility index (Phi) is 4.04. The molecule has 0 fully saturated rings. The van der Waals surface area contributed by atoms with Crippen LogP contribution in [0, 0.1) is 5.82 Å². The minimum Gasteiger partial charge on any atom is -0.309 e. The fourth-order valence-electron chi connectivity index (χ4n) is 2.73. The van der Waals surface area contributed by atoms with Crippen LogP contribution in [0.5, 0.6) is 0 Å². The monoisotopic (exact) mass is 343 g/mol. The molecule has 0 aliphatic heterocycles. The Balaban J connectivity index is 2.20. The number of hydrogen-bond donors (Lipinski definition) is 1. The molecule has 0 aliphatic carbocycles. The van der Waals surface area contributed by atoms with Crippen LogP contribution < -0.4 is 5.32 Å². The second-order valence-corrected chi connectivity index (χ2v) is 5.81. The maximum Gasteiger partial charge on any atom is 0.123 e. The fourth-order valence-corrected chi connectivity index (χ4v) is 3.20. The number of fused-ring (bicyclic) bond motifs is 1. The molecular formula is C18H15BrFN. The van der Waals surface area contributed by atoms with Crippen molar-refractivity contribution < 1.29 is 4.39 Å². The van der Waals surface area contributed by atoms with Gasteiger partial charge >= 0.3 is 0 Å². The van der Waals surface area contributed by atoms with Crippen LogP contribution in [0.15, 0.2) is 65.1 Å². The van der Waals surface area contributed by atoms with E-state index in [1.165, 1.54) is 6.07 Å². The third kappa shape index (κ3) is 2.71. The van der Waals surface area contributed by atoms with Crippen molar-refractivity contribution in [1.29, 1.82) is 0 Å². The van der Waals surface area contributed by atoms with E-state index in [9.17, 15) is 4.39 Å². The van der Waals surface area contributed by atoms with E-state index in [4.69, 9.17) is 0 Å². The first-order chi connectivity index (χ1) is 10.2. The summed E-state index contributed by atoms with van der Waals surface area (Å²) in [6.07, 6.45) is 0. The van der Waals surface area contributed by atoms with E-state index >= 15 is 0 Å². The molecule has 1 nitrogen and oxygen atoms in total. The van der Waals surface area contributed by atoms with Crippen LogP contribution in [0.1, 0.15) is 17.2 Å². The standard InChI is InChI=1S/C18H15BrFN/c1-21-18(12-5-4-6-13(20)11-12)16-9-10-17(19)15-8-3-2-7-14(15)16/h2-11,18,21H,1H3. The van der Waals surface area contributed by atoms with E-state index in [0.717, 1.165) is 26.4 Å². The largest absolute Gasteiger partial charge is 0.309 e. The minimum absolute atomic E-state index is 0.0429. The van der Waals surface area contributed by atoms with Gasteiger partial charge in [0.25, 0.3) is 0 Å². The molecule has 21 heavy (non-hydrogen) atoms. The lowest BCUT2D eigenvalue weighted by Crippen LogP contribution is -2.18. The van der Waals surface area contributed by atoms with E-state index in [1.807, 2.05) is 31.3 Å². The summed E-state index contributed by atoms with van der Waals surface area (Å²) in [5.41, 5.74) is 2.06. The summed E-state index contributed by atoms with van der Waals surface area (Å²) in [4.78, 5) is 0. The summed E-state index contributed by atoms with van der Waals surface area (Å²) >= 11 is 3.59. The molecule has 0 radical (unpaired) electrons. The van der Waals surface area contributed by atoms with Gasteiger partial charge in [0.1, 0.15) is 5.82 Å². The topological polar surface area (TPSA) is 12.0 Å². The molecule has 3 aromatic rings. The SMILES string of the molecule is CNC(c1cccc(F)c1)c1ccc(Br)c2ccccc12. The smallest absolute Gasteiger partial charge is 0.123 e. The van der Waals surface area contributed by atoms with Gasteiger partial charge in [-0.3, -0.25) is 0 Å². The molecule has 0 bridgehead atoms. The summed E-state index contributed by atoms with van der Waals surface area (Å²) < 4.78 is 14.6. The molecular weight excluding hydrogens is 329 g/mol. The van der Waals surface area contributed by atoms with Crippen molar-refractivity contribution in [3.05, 3.63) is 82.1 Å². The third-order valence-electron chi connectivity index (χ3n) is 3.69. The molecule has 0 heterocycles. The van der Waals surface area contributed by atoms with Gasteiger partial charge < -0.3 is 5.32 Å². The molecule has 3 rings (SSSR count). The minimum atomic E-state index is -0.214. The Morgan fingerprint density at radius 3 is 2.43 bits per heavy atom. The van der Waals surface area contributed by atoms with Gasteiger partial charge in [-0.05, 0) is 47.1 Å². The van der Waals surface area contributed by atoms with E-state index in [0.29, 0.717) is 0 Å². The maximum atomic E-state index is 13.5. The van der Waals surface area contributed by atoms with Crippen LogP contribution >= 0.6 is 15.9 Å². The highest BCUT2D eigenvalue weighted by atomic mass is 79.9. The number of halogens is 2. The first-order valence-electron chi connectivity index (χ1n) is 6.80. The lowest BCUT2D eigenvalue weighted by molar-refractivity contribution is 0.617. The van der Waals surface area contributed by atoms with Crippen molar-refractivity contribution in [3.8, 4) is 0 Å². The van der Waals surface area contributed by atoms with Crippen molar-refractivity contribution in [2.45, 2.75) is 6.04 Å². The summed E-state index contributed by atoms with van der Waals surface area (Å²) in [7, 11) is 1.90. The third-order valence-corrected chi connectivity index (χ3v) is 4.38. The van der Waals surface area contributed by atoms with Gasteiger partial charge in [0, 0.05) is 4.47 Å². The van der Waals surface area contributed by atoms with E-state index in [-0.39, 0.29) is 11.9 Å². The molecule has 1 atom stereocenters. The first-order valence-corrected chi connectivity index (χ1v) is 7.60. The van der Waals surface area contributed by atoms with Crippen LogP contribution in [0.4, 0.5) is 4.39 Å². The lowest BCUT2D eigenvalue weighted by Gasteiger charge is -2.20.